The van der Waals surface area contributed by atoms with Crippen molar-refractivity contribution in [3.8, 4) is 0 Å². The average molecular weight is 396 g/mol. The van der Waals surface area contributed by atoms with E-state index in [1.54, 1.807) is 19.1 Å². The molecule has 3 aromatic rings. The Balaban J connectivity index is 1.72. The molecule has 0 aliphatic heterocycles. The number of ether oxygens (including phenoxy) is 1. The first-order valence-electron chi connectivity index (χ1n) is 9.29. The molecule has 2 aromatic heterocycles. The minimum atomic E-state index is -0.469. The number of anilines is 1. The summed E-state index contributed by atoms with van der Waals surface area (Å²) in [6, 6.07) is 8.86. The number of amides is 1. The third-order valence-electron chi connectivity index (χ3n) is 4.80. The Kier molecular flexibility index (Phi) is 5.00. The molecule has 1 aliphatic carbocycles. The number of hydrogen-bond donors (Lipinski definition) is 2. The number of fused-ring (bicyclic) bond motifs is 2. The highest BCUT2D eigenvalue weighted by Gasteiger charge is 2.27. The first kappa shape index (κ1) is 18.4. The quantitative estimate of drug-likeness (QED) is 0.644. The van der Waals surface area contributed by atoms with Gasteiger partial charge in [0.05, 0.1) is 12.2 Å². The second kappa shape index (κ2) is 7.59. The lowest BCUT2D eigenvalue weighted by atomic mass is 9.95. The molecule has 0 fully saturated rings. The van der Waals surface area contributed by atoms with Gasteiger partial charge in [0.15, 0.2) is 0 Å². The van der Waals surface area contributed by atoms with Crippen LogP contribution >= 0.6 is 11.3 Å². The molecule has 0 bridgehead atoms. The molecule has 2 heterocycles. The predicted molar refractivity (Wildman–Crippen MR) is 107 cm³/mol. The van der Waals surface area contributed by atoms with Gasteiger partial charge in [0.1, 0.15) is 16.1 Å². The lowest BCUT2D eigenvalue weighted by molar-refractivity contribution is 0.0526. The van der Waals surface area contributed by atoms with Gasteiger partial charge in [-0.1, -0.05) is 18.2 Å². The summed E-state index contributed by atoms with van der Waals surface area (Å²) in [5.41, 5.74) is 1.90. The Labute approximate surface area is 165 Å². The largest absolute Gasteiger partial charge is 0.462 e. The molecule has 0 atom stereocenters. The SMILES string of the molecule is CCOC(=O)c1c(NC(=O)c2cc3ccccc3oc2=N)sc2c1CCCC2. The second-order valence-electron chi connectivity index (χ2n) is 6.62. The molecule has 0 radical (unpaired) electrons. The van der Waals surface area contributed by atoms with Crippen LogP contribution in [0, 0.1) is 5.41 Å². The van der Waals surface area contributed by atoms with Gasteiger partial charge in [-0.25, -0.2) is 4.79 Å². The fourth-order valence-corrected chi connectivity index (χ4v) is 4.76. The molecule has 2 N–H and O–H groups in total. The molecule has 0 spiro atoms. The number of aryl methyl sites for hydroxylation is 1. The van der Waals surface area contributed by atoms with Crippen molar-refractivity contribution in [1.82, 2.24) is 0 Å². The zero-order valence-electron chi connectivity index (χ0n) is 15.5. The van der Waals surface area contributed by atoms with Gasteiger partial charge in [0, 0.05) is 10.3 Å². The highest BCUT2D eigenvalue weighted by molar-refractivity contribution is 7.17. The summed E-state index contributed by atoms with van der Waals surface area (Å²) in [6.45, 7) is 2.04. The van der Waals surface area contributed by atoms with E-state index >= 15 is 0 Å². The molecule has 0 saturated carbocycles. The normalized spacial score (nSPS) is 13.2. The van der Waals surface area contributed by atoms with Crippen LogP contribution in [0.1, 0.15) is 50.9 Å². The van der Waals surface area contributed by atoms with Gasteiger partial charge in [0.2, 0.25) is 5.55 Å². The molecule has 28 heavy (non-hydrogen) atoms. The van der Waals surface area contributed by atoms with E-state index in [4.69, 9.17) is 14.6 Å². The van der Waals surface area contributed by atoms with Gasteiger partial charge in [-0.2, -0.15) is 0 Å². The van der Waals surface area contributed by atoms with Crippen molar-refractivity contribution in [1.29, 1.82) is 5.41 Å². The molecular formula is C21H20N2O4S. The molecule has 1 amide bonds. The summed E-state index contributed by atoms with van der Waals surface area (Å²) < 4.78 is 10.7. The number of thiophene rings is 1. The topological polar surface area (TPSA) is 92.4 Å². The zero-order valence-corrected chi connectivity index (χ0v) is 16.3. The van der Waals surface area contributed by atoms with E-state index in [9.17, 15) is 9.59 Å². The van der Waals surface area contributed by atoms with Crippen LogP contribution in [0.3, 0.4) is 0 Å². The molecule has 1 aliphatic rings. The molecule has 144 valence electrons. The highest BCUT2D eigenvalue weighted by atomic mass is 32.1. The van der Waals surface area contributed by atoms with Gasteiger partial charge in [-0.15, -0.1) is 11.3 Å². The van der Waals surface area contributed by atoms with E-state index in [-0.39, 0.29) is 17.7 Å². The maximum Gasteiger partial charge on any atom is 0.341 e. The Hall–Kier alpha value is -2.93. The van der Waals surface area contributed by atoms with Crippen molar-refractivity contribution < 1.29 is 18.7 Å². The number of carbonyl (C=O) groups excluding carboxylic acids is 2. The first-order valence-corrected chi connectivity index (χ1v) is 10.1. The van der Waals surface area contributed by atoms with E-state index in [1.165, 1.54) is 11.3 Å². The van der Waals surface area contributed by atoms with Crippen LogP contribution in [0.25, 0.3) is 11.0 Å². The maximum absolute atomic E-state index is 12.9. The van der Waals surface area contributed by atoms with Crippen LogP contribution in [0.15, 0.2) is 34.7 Å². The van der Waals surface area contributed by atoms with E-state index < -0.39 is 11.9 Å². The summed E-state index contributed by atoms with van der Waals surface area (Å²) in [6.07, 6.45) is 3.80. The second-order valence-corrected chi connectivity index (χ2v) is 7.72. The molecule has 6 nitrogen and oxygen atoms in total. The number of benzene rings is 1. The van der Waals surface area contributed by atoms with Crippen molar-refractivity contribution in [3.05, 3.63) is 57.5 Å². The summed E-state index contributed by atoms with van der Waals surface area (Å²) in [5, 5.41) is 12.1. The smallest absolute Gasteiger partial charge is 0.341 e. The number of carbonyl (C=O) groups is 2. The molecule has 0 unspecified atom stereocenters. The Bertz CT molecular complexity index is 1130. The number of rotatable bonds is 4. The lowest BCUT2D eigenvalue weighted by Gasteiger charge is -2.12. The van der Waals surface area contributed by atoms with Crippen LogP contribution < -0.4 is 10.9 Å². The fraction of sp³-hybridized carbons (Fsp3) is 0.286. The van der Waals surface area contributed by atoms with Gasteiger partial charge in [-0.3, -0.25) is 10.2 Å². The van der Waals surface area contributed by atoms with Gasteiger partial charge >= 0.3 is 5.97 Å². The van der Waals surface area contributed by atoms with Crippen LogP contribution in [-0.2, 0) is 17.6 Å². The Morgan fingerprint density at radius 1 is 1.25 bits per heavy atom. The Morgan fingerprint density at radius 3 is 2.86 bits per heavy atom. The third kappa shape index (κ3) is 3.33. The van der Waals surface area contributed by atoms with Gasteiger partial charge in [0.25, 0.3) is 5.91 Å². The summed E-state index contributed by atoms with van der Waals surface area (Å²) in [5.74, 6) is -0.879. The summed E-state index contributed by atoms with van der Waals surface area (Å²) >= 11 is 1.42. The van der Waals surface area contributed by atoms with Crippen molar-refractivity contribution in [3.63, 3.8) is 0 Å². The first-order chi connectivity index (χ1) is 13.6. The number of esters is 1. The van der Waals surface area contributed by atoms with Crippen LogP contribution in [0.5, 0.6) is 0 Å². The zero-order chi connectivity index (χ0) is 19.7. The molecular weight excluding hydrogens is 376 g/mol. The summed E-state index contributed by atoms with van der Waals surface area (Å²) in [4.78, 5) is 26.5. The predicted octanol–water partition coefficient (Wildman–Crippen LogP) is 4.28. The summed E-state index contributed by atoms with van der Waals surface area (Å²) in [7, 11) is 0. The van der Waals surface area contributed by atoms with Crippen LogP contribution in [0.2, 0.25) is 0 Å². The highest BCUT2D eigenvalue weighted by Crippen LogP contribution is 2.38. The van der Waals surface area contributed by atoms with E-state index in [0.717, 1.165) is 41.5 Å². The molecule has 4 rings (SSSR count). The van der Waals surface area contributed by atoms with Crippen molar-refractivity contribution in [2.24, 2.45) is 0 Å². The minimum absolute atomic E-state index is 0.125. The lowest BCUT2D eigenvalue weighted by Crippen LogP contribution is -2.21. The van der Waals surface area contributed by atoms with Crippen LogP contribution in [0.4, 0.5) is 5.00 Å². The van der Waals surface area contributed by atoms with E-state index in [0.29, 0.717) is 16.1 Å². The number of nitrogens with one attached hydrogen (secondary N) is 2. The van der Waals surface area contributed by atoms with Gasteiger partial charge in [-0.05, 0) is 50.3 Å². The van der Waals surface area contributed by atoms with Crippen LogP contribution in [-0.4, -0.2) is 18.5 Å². The standard InChI is InChI=1S/C21H20N2O4S/c1-2-26-21(25)17-13-8-4-6-10-16(13)28-20(17)23-19(24)14-11-12-7-3-5-9-15(12)27-18(14)22/h3,5,7,9,11,22H,2,4,6,8,10H2,1H3,(H,23,24). The maximum atomic E-state index is 12.9. The monoisotopic (exact) mass is 396 g/mol. The minimum Gasteiger partial charge on any atom is -0.462 e. The van der Waals surface area contributed by atoms with E-state index in [2.05, 4.69) is 5.32 Å². The van der Waals surface area contributed by atoms with Gasteiger partial charge < -0.3 is 14.5 Å². The Morgan fingerprint density at radius 2 is 2.04 bits per heavy atom. The van der Waals surface area contributed by atoms with Crippen molar-refractivity contribution in [2.75, 3.05) is 11.9 Å². The van der Waals surface area contributed by atoms with E-state index in [1.807, 2.05) is 18.2 Å². The van der Waals surface area contributed by atoms with Crippen molar-refractivity contribution >= 4 is 39.2 Å². The number of para-hydroxylation sites is 1. The van der Waals surface area contributed by atoms with Crippen molar-refractivity contribution in [2.45, 2.75) is 32.6 Å². The average Bonchev–Trinajstić information content (AvgIpc) is 3.05. The number of hydrogen-bond acceptors (Lipinski definition) is 6. The third-order valence-corrected chi connectivity index (χ3v) is 6.01. The molecule has 1 aromatic carbocycles. The molecule has 0 saturated heterocycles. The fourth-order valence-electron chi connectivity index (χ4n) is 3.49. The molecule has 7 heteroatoms.